The van der Waals surface area contributed by atoms with E-state index in [9.17, 15) is 0 Å². The van der Waals surface area contributed by atoms with Crippen LogP contribution in [-0.2, 0) is 6.61 Å². The third-order valence-electron chi connectivity index (χ3n) is 4.08. The predicted molar refractivity (Wildman–Crippen MR) is 88.0 cm³/mol. The Hall–Kier alpha value is -1.96. The molecule has 1 heterocycles. The molecule has 0 bridgehead atoms. The summed E-state index contributed by atoms with van der Waals surface area (Å²) in [7, 11) is 0. The molecule has 1 aliphatic rings. The Bertz CT molecular complexity index is 553. The second-order valence-corrected chi connectivity index (χ2v) is 5.82. The highest BCUT2D eigenvalue weighted by molar-refractivity contribution is 5.49. The lowest BCUT2D eigenvalue weighted by atomic mass is 10.1. The molecule has 2 aromatic rings. The summed E-state index contributed by atoms with van der Waals surface area (Å²) >= 11 is 0. The Kier molecular flexibility index (Phi) is 4.44. The van der Waals surface area contributed by atoms with Crippen molar-refractivity contribution in [1.29, 1.82) is 0 Å². The van der Waals surface area contributed by atoms with Gasteiger partial charge in [0.25, 0.3) is 0 Å². The van der Waals surface area contributed by atoms with Crippen molar-refractivity contribution < 1.29 is 4.74 Å². The van der Waals surface area contributed by atoms with Gasteiger partial charge in [0.05, 0.1) is 0 Å². The number of hydrogen-bond donors (Lipinski definition) is 0. The number of rotatable bonds is 4. The van der Waals surface area contributed by atoms with Crippen LogP contribution in [0.15, 0.2) is 48.5 Å². The first-order valence-corrected chi connectivity index (χ1v) is 7.85. The van der Waals surface area contributed by atoms with E-state index in [0.29, 0.717) is 6.61 Å². The zero-order chi connectivity index (χ0) is 14.5. The molecule has 110 valence electrons. The molecule has 1 saturated heterocycles. The maximum atomic E-state index is 5.86. The molecular formula is C19H23NO. The minimum atomic E-state index is 0.628. The summed E-state index contributed by atoms with van der Waals surface area (Å²) in [6.07, 6.45) is 3.99. The van der Waals surface area contributed by atoms with Crippen molar-refractivity contribution >= 4 is 5.69 Å². The molecule has 0 spiro atoms. The summed E-state index contributed by atoms with van der Waals surface area (Å²) in [6.45, 7) is 5.10. The van der Waals surface area contributed by atoms with E-state index in [1.165, 1.54) is 49.2 Å². The molecule has 0 aliphatic carbocycles. The SMILES string of the molecule is Cc1ccc(COc2ccc(N3CCCCC3)cc2)cc1. The molecule has 3 rings (SSSR count). The maximum absolute atomic E-state index is 5.86. The van der Waals surface area contributed by atoms with E-state index in [4.69, 9.17) is 4.74 Å². The van der Waals surface area contributed by atoms with Crippen LogP contribution in [0.25, 0.3) is 0 Å². The van der Waals surface area contributed by atoms with Crippen LogP contribution in [0.5, 0.6) is 5.75 Å². The largest absolute Gasteiger partial charge is 0.489 e. The van der Waals surface area contributed by atoms with Crippen molar-refractivity contribution in [2.75, 3.05) is 18.0 Å². The van der Waals surface area contributed by atoms with Gasteiger partial charge < -0.3 is 9.64 Å². The molecule has 0 N–H and O–H groups in total. The molecule has 2 aromatic carbocycles. The predicted octanol–water partition coefficient (Wildman–Crippen LogP) is 4.56. The monoisotopic (exact) mass is 281 g/mol. The van der Waals surface area contributed by atoms with Crippen LogP contribution in [-0.4, -0.2) is 13.1 Å². The smallest absolute Gasteiger partial charge is 0.119 e. The van der Waals surface area contributed by atoms with Crippen molar-refractivity contribution in [2.24, 2.45) is 0 Å². The van der Waals surface area contributed by atoms with Gasteiger partial charge in [0.15, 0.2) is 0 Å². The Balaban J connectivity index is 1.57. The molecular weight excluding hydrogens is 258 g/mol. The Labute approximate surface area is 127 Å². The van der Waals surface area contributed by atoms with Crippen LogP contribution < -0.4 is 9.64 Å². The van der Waals surface area contributed by atoms with E-state index in [2.05, 4.69) is 60.4 Å². The van der Waals surface area contributed by atoms with Crippen molar-refractivity contribution in [1.82, 2.24) is 0 Å². The van der Waals surface area contributed by atoms with E-state index in [0.717, 1.165) is 5.75 Å². The van der Waals surface area contributed by atoms with E-state index in [1.54, 1.807) is 0 Å². The van der Waals surface area contributed by atoms with Crippen molar-refractivity contribution in [3.63, 3.8) is 0 Å². The van der Waals surface area contributed by atoms with Gasteiger partial charge in [0.1, 0.15) is 12.4 Å². The van der Waals surface area contributed by atoms with Crippen molar-refractivity contribution in [3.8, 4) is 5.75 Å². The molecule has 0 amide bonds. The average molecular weight is 281 g/mol. The van der Waals surface area contributed by atoms with E-state index in [1.807, 2.05) is 0 Å². The van der Waals surface area contributed by atoms with Gasteiger partial charge in [-0.25, -0.2) is 0 Å². The number of benzene rings is 2. The van der Waals surface area contributed by atoms with Gasteiger partial charge in [-0.3, -0.25) is 0 Å². The van der Waals surface area contributed by atoms with E-state index in [-0.39, 0.29) is 0 Å². The standard InChI is InChI=1S/C19H23NO/c1-16-5-7-17(8-6-16)15-21-19-11-9-18(10-12-19)20-13-3-2-4-14-20/h5-12H,2-4,13-15H2,1H3. The molecule has 0 radical (unpaired) electrons. The molecule has 2 nitrogen and oxygen atoms in total. The fourth-order valence-electron chi connectivity index (χ4n) is 2.76. The van der Waals surface area contributed by atoms with Crippen molar-refractivity contribution in [2.45, 2.75) is 32.8 Å². The first-order chi connectivity index (χ1) is 10.3. The third-order valence-corrected chi connectivity index (χ3v) is 4.08. The average Bonchev–Trinajstić information content (AvgIpc) is 2.56. The minimum absolute atomic E-state index is 0.628. The van der Waals surface area contributed by atoms with Crippen LogP contribution in [0.1, 0.15) is 30.4 Å². The molecule has 21 heavy (non-hydrogen) atoms. The number of ether oxygens (including phenoxy) is 1. The van der Waals surface area contributed by atoms with E-state index < -0.39 is 0 Å². The summed E-state index contributed by atoms with van der Waals surface area (Å²) in [5.41, 5.74) is 3.81. The fourth-order valence-corrected chi connectivity index (χ4v) is 2.76. The van der Waals surface area contributed by atoms with E-state index >= 15 is 0 Å². The quantitative estimate of drug-likeness (QED) is 0.814. The number of nitrogens with zero attached hydrogens (tertiary/aromatic N) is 1. The highest BCUT2D eigenvalue weighted by atomic mass is 16.5. The Morgan fingerprint density at radius 2 is 1.52 bits per heavy atom. The Morgan fingerprint density at radius 3 is 2.19 bits per heavy atom. The lowest BCUT2D eigenvalue weighted by molar-refractivity contribution is 0.306. The third kappa shape index (κ3) is 3.78. The highest BCUT2D eigenvalue weighted by Crippen LogP contribution is 2.23. The number of piperidine rings is 1. The normalized spacial score (nSPS) is 15.0. The number of hydrogen-bond acceptors (Lipinski definition) is 2. The topological polar surface area (TPSA) is 12.5 Å². The van der Waals surface area contributed by atoms with Crippen LogP contribution >= 0.6 is 0 Å². The van der Waals surface area contributed by atoms with Gasteiger partial charge in [0.2, 0.25) is 0 Å². The molecule has 0 atom stereocenters. The Morgan fingerprint density at radius 1 is 0.857 bits per heavy atom. The van der Waals surface area contributed by atoms with Gasteiger partial charge >= 0.3 is 0 Å². The molecule has 1 fully saturated rings. The summed E-state index contributed by atoms with van der Waals surface area (Å²) in [6, 6.07) is 17.0. The zero-order valence-electron chi connectivity index (χ0n) is 12.7. The minimum Gasteiger partial charge on any atom is -0.489 e. The van der Waals surface area contributed by atoms with Crippen LogP contribution in [0.3, 0.4) is 0 Å². The van der Waals surface area contributed by atoms with Crippen LogP contribution in [0.2, 0.25) is 0 Å². The van der Waals surface area contributed by atoms with Gasteiger partial charge in [-0.15, -0.1) is 0 Å². The second-order valence-electron chi connectivity index (χ2n) is 5.82. The van der Waals surface area contributed by atoms with Gasteiger partial charge in [-0.2, -0.15) is 0 Å². The molecule has 0 saturated carbocycles. The van der Waals surface area contributed by atoms with Gasteiger partial charge in [-0.1, -0.05) is 29.8 Å². The highest BCUT2D eigenvalue weighted by Gasteiger charge is 2.10. The summed E-state index contributed by atoms with van der Waals surface area (Å²) in [4.78, 5) is 2.47. The van der Waals surface area contributed by atoms with Gasteiger partial charge in [0, 0.05) is 18.8 Å². The fraction of sp³-hybridized carbons (Fsp3) is 0.368. The second kappa shape index (κ2) is 6.66. The molecule has 0 aromatic heterocycles. The lowest BCUT2D eigenvalue weighted by Gasteiger charge is -2.28. The first kappa shape index (κ1) is 14.0. The summed E-state index contributed by atoms with van der Waals surface area (Å²) in [5, 5.41) is 0. The maximum Gasteiger partial charge on any atom is 0.119 e. The van der Waals surface area contributed by atoms with Crippen molar-refractivity contribution in [3.05, 3.63) is 59.7 Å². The van der Waals surface area contributed by atoms with Gasteiger partial charge in [-0.05, 0) is 56.0 Å². The molecule has 1 aliphatic heterocycles. The first-order valence-electron chi connectivity index (χ1n) is 7.85. The summed E-state index contributed by atoms with van der Waals surface area (Å²) in [5.74, 6) is 0.941. The van der Waals surface area contributed by atoms with Crippen LogP contribution in [0, 0.1) is 6.92 Å². The number of anilines is 1. The lowest BCUT2D eigenvalue weighted by Crippen LogP contribution is -2.29. The zero-order valence-corrected chi connectivity index (χ0v) is 12.7. The van der Waals surface area contributed by atoms with Crippen LogP contribution in [0.4, 0.5) is 5.69 Å². The number of aryl methyl sites for hydroxylation is 1. The summed E-state index contributed by atoms with van der Waals surface area (Å²) < 4.78 is 5.86. The molecule has 0 unspecified atom stereocenters. The molecule has 2 heteroatoms.